The van der Waals surface area contributed by atoms with Crippen LogP contribution in [-0.2, 0) is 4.79 Å². The lowest BCUT2D eigenvalue weighted by molar-refractivity contribution is -0.121. The summed E-state index contributed by atoms with van der Waals surface area (Å²) in [4.78, 5) is 27.3. The minimum atomic E-state index is -0.475. The number of rotatable bonds is 5. The normalized spacial score (nSPS) is 19.1. The van der Waals surface area contributed by atoms with Crippen LogP contribution in [0.3, 0.4) is 0 Å². The number of nitrogens with one attached hydrogen (secondary N) is 1. The number of carbonyl (C=O) groups is 2. The molecule has 1 aromatic heterocycles. The van der Waals surface area contributed by atoms with Crippen molar-refractivity contribution in [3.05, 3.63) is 52.2 Å². The molecule has 1 aromatic carbocycles. The second kappa shape index (κ2) is 7.15. The van der Waals surface area contributed by atoms with Crippen molar-refractivity contribution in [2.75, 3.05) is 11.9 Å². The van der Waals surface area contributed by atoms with Gasteiger partial charge in [-0.1, -0.05) is 6.07 Å². The van der Waals surface area contributed by atoms with Crippen molar-refractivity contribution in [1.29, 1.82) is 0 Å². The number of hydrogen-bond donors (Lipinski definition) is 2. The summed E-state index contributed by atoms with van der Waals surface area (Å²) in [6.07, 6.45) is 2.19. The molecule has 0 radical (unpaired) electrons. The summed E-state index contributed by atoms with van der Waals surface area (Å²) < 4.78 is 0. The number of anilines is 1. The molecular weight excluding hydrogens is 322 g/mol. The molecule has 1 aliphatic heterocycles. The van der Waals surface area contributed by atoms with Crippen molar-refractivity contribution in [3.8, 4) is 0 Å². The van der Waals surface area contributed by atoms with E-state index in [1.54, 1.807) is 35.6 Å². The fourth-order valence-electron chi connectivity index (χ4n) is 3.15. The maximum absolute atomic E-state index is 12.6. The Morgan fingerprint density at radius 1 is 1.29 bits per heavy atom. The fraction of sp³-hybridized carbons (Fsp3) is 0.333. The van der Waals surface area contributed by atoms with Crippen LogP contribution in [0, 0.1) is 0 Å². The second-order valence-electron chi connectivity index (χ2n) is 6.02. The minimum absolute atomic E-state index is 0.0368. The Balaban J connectivity index is 1.67. The number of thiophene rings is 1. The number of amides is 2. The zero-order valence-corrected chi connectivity index (χ0v) is 14.4. The zero-order chi connectivity index (χ0) is 17.1. The van der Waals surface area contributed by atoms with Gasteiger partial charge >= 0.3 is 0 Å². The van der Waals surface area contributed by atoms with Crippen LogP contribution in [0.2, 0.25) is 0 Å². The molecule has 0 spiro atoms. The third-order valence-corrected chi connectivity index (χ3v) is 5.45. The van der Waals surface area contributed by atoms with E-state index in [-0.39, 0.29) is 11.9 Å². The average Bonchev–Trinajstić information content (AvgIpc) is 3.25. The minimum Gasteiger partial charge on any atom is -0.366 e. The van der Waals surface area contributed by atoms with E-state index in [0.29, 0.717) is 17.3 Å². The summed E-state index contributed by atoms with van der Waals surface area (Å²) in [5.74, 6) is -0.512. The predicted octanol–water partition coefficient (Wildman–Crippen LogP) is 3.01. The molecule has 1 saturated heterocycles. The van der Waals surface area contributed by atoms with Gasteiger partial charge in [-0.15, -0.1) is 11.3 Å². The van der Waals surface area contributed by atoms with E-state index < -0.39 is 5.91 Å². The van der Waals surface area contributed by atoms with E-state index in [0.717, 1.165) is 19.4 Å². The summed E-state index contributed by atoms with van der Waals surface area (Å²) >= 11 is 1.74. The van der Waals surface area contributed by atoms with Gasteiger partial charge in [0.1, 0.15) is 0 Å². The first-order chi connectivity index (χ1) is 11.6. The monoisotopic (exact) mass is 343 g/mol. The number of likely N-dealkylation sites (tertiary alicyclic amines) is 1. The standard InChI is InChI=1S/C18H21N3O2S/c1-12(21-10-2-4-15(21)16-5-3-11-24-16)18(23)20-14-8-6-13(7-9-14)17(19)22/h3,5-9,11-12,15H,2,4,10H2,1H3,(H2,19,22)(H,20,23)/t12-,15-/m1/s1. The number of carbonyl (C=O) groups excluding carboxylic acids is 2. The predicted molar refractivity (Wildman–Crippen MR) is 96.1 cm³/mol. The highest BCUT2D eigenvalue weighted by Crippen LogP contribution is 2.36. The van der Waals surface area contributed by atoms with Crippen LogP contribution < -0.4 is 11.1 Å². The van der Waals surface area contributed by atoms with Crippen LogP contribution >= 0.6 is 11.3 Å². The van der Waals surface area contributed by atoms with Gasteiger partial charge in [0.25, 0.3) is 0 Å². The summed E-state index contributed by atoms with van der Waals surface area (Å²) in [6.45, 7) is 2.87. The Bertz CT molecular complexity index is 712. The van der Waals surface area contributed by atoms with E-state index in [1.165, 1.54) is 4.88 Å². The van der Waals surface area contributed by atoms with Crippen molar-refractivity contribution in [3.63, 3.8) is 0 Å². The molecule has 0 aliphatic carbocycles. The van der Waals surface area contributed by atoms with Crippen molar-refractivity contribution < 1.29 is 9.59 Å². The molecule has 3 rings (SSSR count). The molecule has 2 amide bonds. The lowest BCUT2D eigenvalue weighted by Crippen LogP contribution is -2.41. The third-order valence-electron chi connectivity index (χ3n) is 4.48. The van der Waals surface area contributed by atoms with Gasteiger partial charge in [0, 0.05) is 22.2 Å². The molecule has 1 aliphatic rings. The van der Waals surface area contributed by atoms with Gasteiger partial charge in [0.2, 0.25) is 11.8 Å². The quantitative estimate of drug-likeness (QED) is 0.876. The molecule has 2 atom stereocenters. The molecule has 5 nitrogen and oxygen atoms in total. The zero-order valence-electron chi connectivity index (χ0n) is 13.6. The van der Waals surface area contributed by atoms with Crippen LogP contribution in [0.5, 0.6) is 0 Å². The molecule has 6 heteroatoms. The lowest BCUT2D eigenvalue weighted by Gasteiger charge is -2.29. The Morgan fingerprint density at radius 3 is 2.67 bits per heavy atom. The Labute approximate surface area is 145 Å². The summed E-state index contributed by atoms with van der Waals surface area (Å²) in [7, 11) is 0. The van der Waals surface area contributed by atoms with Gasteiger partial charge < -0.3 is 11.1 Å². The maximum Gasteiger partial charge on any atom is 0.248 e. The summed E-state index contributed by atoms with van der Waals surface area (Å²) in [6, 6.07) is 10.9. The molecular formula is C18H21N3O2S. The van der Waals surface area contributed by atoms with E-state index in [9.17, 15) is 9.59 Å². The topological polar surface area (TPSA) is 75.4 Å². The van der Waals surface area contributed by atoms with Crippen LogP contribution in [0.25, 0.3) is 0 Å². The molecule has 1 fully saturated rings. The molecule has 0 unspecified atom stereocenters. The largest absolute Gasteiger partial charge is 0.366 e. The summed E-state index contributed by atoms with van der Waals surface area (Å²) in [5.41, 5.74) is 6.32. The Morgan fingerprint density at radius 2 is 2.04 bits per heavy atom. The number of nitrogens with two attached hydrogens (primary N) is 1. The lowest BCUT2D eigenvalue weighted by atomic mass is 10.1. The molecule has 0 saturated carbocycles. The van der Waals surface area contributed by atoms with Crippen LogP contribution in [-0.4, -0.2) is 29.3 Å². The SMILES string of the molecule is C[C@H](C(=O)Nc1ccc(C(N)=O)cc1)N1CCC[C@@H]1c1cccs1. The number of hydrogen-bond acceptors (Lipinski definition) is 4. The molecule has 2 aromatic rings. The molecule has 2 heterocycles. The van der Waals surface area contributed by atoms with E-state index >= 15 is 0 Å². The van der Waals surface area contributed by atoms with E-state index in [4.69, 9.17) is 5.73 Å². The van der Waals surface area contributed by atoms with Crippen LogP contribution in [0.1, 0.15) is 41.0 Å². The third kappa shape index (κ3) is 3.49. The smallest absolute Gasteiger partial charge is 0.248 e. The van der Waals surface area contributed by atoms with Gasteiger partial charge in [-0.05, 0) is 62.0 Å². The van der Waals surface area contributed by atoms with Gasteiger partial charge in [0.05, 0.1) is 6.04 Å². The van der Waals surface area contributed by atoms with Gasteiger partial charge in [-0.25, -0.2) is 0 Å². The summed E-state index contributed by atoms with van der Waals surface area (Å²) in [5, 5.41) is 5.00. The molecule has 126 valence electrons. The van der Waals surface area contributed by atoms with Crippen LogP contribution in [0.15, 0.2) is 41.8 Å². The number of primary amides is 1. The Hall–Kier alpha value is -2.18. The fourth-order valence-corrected chi connectivity index (χ4v) is 4.04. The van der Waals surface area contributed by atoms with Crippen molar-refractivity contribution in [2.45, 2.75) is 31.8 Å². The van der Waals surface area contributed by atoms with Crippen molar-refractivity contribution in [2.24, 2.45) is 5.73 Å². The first-order valence-electron chi connectivity index (χ1n) is 8.06. The van der Waals surface area contributed by atoms with Crippen molar-refractivity contribution >= 4 is 28.8 Å². The number of benzene rings is 1. The highest BCUT2D eigenvalue weighted by Gasteiger charge is 2.33. The van der Waals surface area contributed by atoms with Crippen molar-refractivity contribution in [1.82, 2.24) is 4.90 Å². The molecule has 0 bridgehead atoms. The van der Waals surface area contributed by atoms with Gasteiger partial charge in [-0.3, -0.25) is 14.5 Å². The van der Waals surface area contributed by atoms with Gasteiger partial charge in [0.15, 0.2) is 0 Å². The highest BCUT2D eigenvalue weighted by molar-refractivity contribution is 7.10. The molecule has 3 N–H and O–H groups in total. The first kappa shape index (κ1) is 16.7. The van der Waals surface area contributed by atoms with Gasteiger partial charge in [-0.2, -0.15) is 0 Å². The van der Waals surface area contributed by atoms with E-state index in [2.05, 4.69) is 27.7 Å². The average molecular weight is 343 g/mol. The van der Waals surface area contributed by atoms with E-state index in [1.807, 2.05) is 6.92 Å². The Kier molecular flexibility index (Phi) is 4.97. The highest BCUT2D eigenvalue weighted by atomic mass is 32.1. The van der Waals surface area contributed by atoms with Crippen LogP contribution in [0.4, 0.5) is 5.69 Å². The molecule has 24 heavy (non-hydrogen) atoms. The number of nitrogens with zero attached hydrogens (tertiary/aromatic N) is 1. The second-order valence-corrected chi connectivity index (χ2v) is 7.00. The maximum atomic E-state index is 12.6. The first-order valence-corrected chi connectivity index (χ1v) is 8.94.